The molecule has 100 valence electrons. The highest BCUT2D eigenvalue weighted by atomic mass is 79.9. The number of anilines is 2. The zero-order valence-corrected chi connectivity index (χ0v) is 12.1. The predicted molar refractivity (Wildman–Crippen MR) is 80.3 cm³/mol. The first kappa shape index (κ1) is 12.7. The number of carbonyl (C=O) groups is 1. The molecule has 4 nitrogen and oxygen atoms in total. The first-order valence-corrected chi connectivity index (χ1v) is 7.18. The van der Waals surface area contributed by atoms with Crippen molar-refractivity contribution in [2.24, 2.45) is 5.73 Å². The summed E-state index contributed by atoms with van der Waals surface area (Å²) in [5, 5.41) is 2.83. The summed E-state index contributed by atoms with van der Waals surface area (Å²) >= 11 is 3.59. The summed E-state index contributed by atoms with van der Waals surface area (Å²) in [5.74, 6) is -0.138. The van der Waals surface area contributed by atoms with Crippen LogP contribution in [0.4, 0.5) is 11.4 Å². The summed E-state index contributed by atoms with van der Waals surface area (Å²) in [6.45, 7) is 4.62. The average Bonchev–Trinajstić information content (AvgIpc) is 3.17. The van der Waals surface area contributed by atoms with Crippen molar-refractivity contribution in [2.45, 2.75) is 24.9 Å². The molecule has 1 amide bonds. The van der Waals surface area contributed by atoms with Gasteiger partial charge in [0.2, 0.25) is 5.91 Å². The van der Waals surface area contributed by atoms with Crippen LogP contribution in [-0.4, -0.2) is 18.5 Å². The normalized spacial score (nSPS) is 20.9. The number of carbonyl (C=O) groups excluding carboxylic acids is 1. The van der Waals surface area contributed by atoms with E-state index < -0.39 is 6.04 Å². The molecule has 0 spiro atoms. The van der Waals surface area contributed by atoms with Crippen LogP contribution in [-0.2, 0) is 4.79 Å². The predicted octanol–water partition coefficient (Wildman–Crippen LogP) is 2.56. The van der Waals surface area contributed by atoms with Crippen LogP contribution >= 0.6 is 15.9 Å². The molecule has 1 aromatic rings. The lowest BCUT2D eigenvalue weighted by atomic mass is 10.1. The van der Waals surface area contributed by atoms with Gasteiger partial charge < -0.3 is 16.0 Å². The van der Waals surface area contributed by atoms with Gasteiger partial charge in [0, 0.05) is 28.3 Å². The SMILES string of the molecule is C=CCN(c1cc2c(cc1Br)C(N)C(=O)N2)C1CC1. The lowest BCUT2D eigenvalue weighted by Crippen LogP contribution is -2.26. The van der Waals surface area contributed by atoms with Gasteiger partial charge in [-0.2, -0.15) is 0 Å². The minimum absolute atomic E-state index is 0.138. The van der Waals surface area contributed by atoms with Crippen LogP contribution in [0.25, 0.3) is 0 Å². The number of hydrogen-bond acceptors (Lipinski definition) is 3. The first-order valence-electron chi connectivity index (χ1n) is 6.39. The van der Waals surface area contributed by atoms with Crippen molar-refractivity contribution in [2.75, 3.05) is 16.8 Å². The molecule has 0 bridgehead atoms. The number of halogens is 1. The van der Waals surface area contributed by atoms with Crippen LogP contribution in [0.15, 0.2) is 29.3 Å². The van der Waals surface area contributed by atoms with Gasteiger partial charge in [-0.15, -0.1) is 6.58 Å². The highest BCUT2D eigenvalue weighted by molar-refractivity contribution is 9.10. The Morgan fingerprint density at radius 3 is 2.89 bits per heavy atom. The summed E-state index contributed by atoms with van der Waals surface area (Å²) in [5.41, 5.74) is 8.63. The molecule has 0 radical (unpaired) electrons. The van der Waals surface area contributed by atoms with E-state index in [1.807, 2.05) is 18.2 Å². The molecule has 0 saturated heterocycles. The van der Waals surface area contributed by atoms with Gasteiger partial charge in [-0.3, -0.25) is 4.79 Å². The fraction of sp³-hybridized carbons (Fsp3) is 0.357. The summed E-state index contributed by atoms with van der Waals surface area (Å²) < 4.78 is 0.979. The van der Waals surface area contributed by atoms with Crippen LogP contribution in [0.2, 0.25) is 0 Å². The maximum atomic E-state index is 11.6. The summed E-state index contributed by atoms with van der Waals surface area (Å²) in [7, 11) is 0. The number of nitrogens with one attached hydrogen (secondary N) is 1. The van der Waals surface area contributed by atoms with Crippen LogP contribution in [0, 0.1) is 0 Å². The van der Waals surface area contributed by atoms with Crippen molar-refractivity contribution >= 4 is 33.2 Å². The molecule has 1 saturated carbocycles. The molecular weight excluding hydrogens is 306 g/mol. The van der Waals surface area contributed by atoms with Gasteiger partial charge in [-0.1, -0.05) is 6.08 Å². The Bertz CT molecular complexity index is 554. The molecule has 5 heteroatoms. The van der Waals surface area contributed by atoms with Crippen LogP contribution in [0.3, 0.4) is 0 Å². The first-order chi connectivity index (χ1) is 9.11. The third kappa shape index (κ3) is 2.17. The van der Waals surface area contributed by atoms with Crippen molar-refractivity contribution in [3.05, 3.63) is 34.8 Å². The molecule has 19 heavy (non-hydrogen) atoms. The molecule has 1 fully saturated rings. The highest BCUT2D eigenvalue weighted by Gasteiger charge is 2.33. The van der Waals surface area contributed by atoms with Crippen LogP contribution in [0.1, 0.15) is 24.4 Å². The third-order valence-corrected chi connectivity index (χ3v) is 4.25. The molecule has 1 aliphatic heterocycles. The number of hydrogen-bond donors (Lipinski definition) is 2. The fourth-order valence-electron chi connectivity index (χ4n) is 2.48. The van der Waals surface area contributed by atoms with E-state index in [-0.39, 0.29) is 5.91 Å². The molecule has 1 aromatic carbocycles. The van der Waals surface area contributed by atoms with Gasteiger partial charge in [0.25, 0.3) is 0 Å². The maximum Gasteiger partial charge on any atom is 0.245 e. The average molecular weight is 322 g/mol. The number of nitrogens with two attached hydrogens (primary N) is 1. The van der Waals surface area contributed by atoms with E-state index in [1.54, 1.807) is 0 Å². The molecule has 1 atom stereocenters. The Balaban J connectivity index is 2.01. The molecule has 1 heterocycles. The van der Waals surface area contributed by atoms with Gasteiger partial charge in [0.15, 0.2) is 0 Å². The van der Waals surface area contributed by atoms with E-state index in [0.29, 0.717) is 6.04 Å². The molecule has 1 unspecified atom stereocenters. The fourth-order valence-corrected chi connectivity index (χ4v) is 3.07. The lowest BCUT2D eigenvalue weighted by molar-refractivity contribution is -0.116. The zero-order valence-electron chi connectivity index (χ0n) is 10.5. The van der Waals surface area contributed by atoms with Crippen molar-refractivity contribution in [3.63, 3.8) is 0 Å². The smallest absolute Gasteiger partial charge is 0.245 e. The highest BCUT2D eigenvalue weighted by Crippen LogP contribution is 2.41. The minimum Gasteiger partial charge on any atom is -0.364 e. The number of nitrogens with zero attached hydrogens (tertiary/aromatic N) is 1. The van der Waals surface area contributed by atoms with E-state index in [1.165, 1.54) is 12.8 Å². The maximum absolute atomic E-state index is 11.6. The quantitative estimate of drug-likeness (QED) is 0.838. The van der Waals surface area contributed by atoms with E-state index in [2.05, 4.69) is 32.7 Å². The Kier molecular flexibility index (Phi) is 3.11. The van der Waals surface area contributed by atoms with E-state index in [4.69, 9.17) is 5.73 Å². The summed E-state index contributed by atoms with van der Waals surface area (Å²) in [6.07, 6.45) is 4.33. The van der Waals surface area contributed by atoms with Gasteiger partial charge in [0.1, 0.15) is 6.04 Å². The van der Waals surface area contributed by atoms with E-state index in [0.717, 1.165) is 28.0 Å². The third-order valence-electron chi connectivity index (χ3n) is 3.62. The largest absolute Gasteiger partial charge is 0.364 e. The van der Waals surface area contributed by atoms with Crippen molar-refractivity contribution in [3.8, 4) is 0 Å². The lowest BCUT2D eigenvalue weighted by Gasteiger charge is -2.25. The monoisotopic (exact) mass is 321 g/mol. The number of rotatable bonds is 4. The topological polar surface area (TPSA) is 58.4 Å². The van der Waals surface area contributed by atoms with E-state index >= 15 is 0 Å². The van der Waals surface area contributed by atoms with Crippen molar-refractivity contribution < 1.29 is 4.79 Å². The van der Waals surface area contributed by atoms with Crippen LogP contribution < -0.4 is 16.0 Å². The zero-order chi connectivity index (χ0) is 13.6. The molecule has 3 N–H and O–H groups in total. The molecule has 0 aromatic heterocycles. The van der Waals surface area contributed by atoms with Gasteiger partial charge in [-0.25, -0.2) is 0 Å². The molecule has 1 aliphatic carbocycles. The number of amides is 1. The second kappa shape index (κ2) is 4.65. The Morgan fingerprint density at radius 2 is 2.26 bits per heavy atom. The Hall–Kier alpha value is -1.33. The standard InChI is InChI=1S/C14H16BrN3O/c1-2-5-18(8-3-4-8)12-7-11-9(6-10(12)15)13(16)14(19)17-11/h2,6-8,13H,1,3-5,16H2,(H,17,19). The van der Waals surface area contributed by atoms with Gasteiger partial charge in [-0.05, 0) is 40.9 Å². The minimum atomic E-state index is -0.561. The summed E-state index contributed by atoms with van der Waals surface area (Å²) in [4.78, 5) is 13.9. The molecular formula is C14H16BrN3O. The second-order valence-corrected chi connectivity index (χ2v) is 5.88. The Labute approximate surface area is 120 Å². The Morgan fingerprint density at radius 1 is 1.53 bits per heavy atom. The number of fused-ring (bicyclic) bond motifs is 1. The van der Waals surface area contributed by atoms with Crippen molar-refractivity contribution in [1.29, 1.82) is 0 Å². The van der Waals surface area contributed by atoms with Gasteiger partial charge in [0.05, 0.1) is 5.69 Å². The van der Waals surface area contributed by atoms with Crippen molar-refractivity contribution in [1.82, 2.24) is 0 Å². The molecule has 2 aliphatic rings. The molecule has 3 rings (SSSR count). The number of benzene rings is 1. The second-order valence-electron chi connectivity index (χ2n) is 5.03. The summed E-state index contributed by atoms with van der Waals surface area (Å²) in [6, 6.07) is 3.98. The van der Waals surface area contributed by atoms with Gasteiger partial charge >= 0.3 is 0 Å². The van der Waals surface area contributed by atoms with Crippen LogP contribution in [0.5, 0.6) is 0 Å². The van der Waals surface area contributed by atoms with E-state index in [9.17, 15) is 4.79 Å².